The van der Waals surface area contributed by atoms with Gasteiger partial charge >= 0.3 is 0 Å². The van der Waals surface area contributed by atoms with Crippen molar-refractivity contribution in [3.8, 4) is 11.5 Å². The smallest absolute Gasteiger partial charge is 0.244 e. The van der Waals surface area contributed by atoms with Gasteiger partial charge in [-0.3, -0.25) is 9.69 Å². The maximum absolute atomic E-state index is 12.2. The lowest BCUT2D eigenvalue weighted by Gasteiger charge is -2.35. The van der Waals surface area contributed by atoms with Gasteiger partial charge in [0.1, 0.15) is 11.5 Å². The molecule has 2 unspecified atom stereocenters. The minimum Gasteiger partial charge on any atom is -0.497 e. The first-order valence-electron chi connectivity index (χ1n) is 8.57. The molecule has 6 nitrogen and oxygen atoms in total. The molecule has 1 aliphatic heterocycles. The number of benzene rings is 1. The highest BCUT2D eigenvalue weighted by Crippen LogP contribution is 2.25. The molecule has 1 aromatic rings. The Labute approximate surface area is 149 Å². The normalized spacial score (nSPS) is 17.9. The van der Waals surface area contributed by atoms with E-state index in [4.69, 9.17) is 14.2 Å². The first kappa shape index (κ1) is 19.3. The third-order valence-corrected chi connectivity index (χ3v) is 4.57. The van der Waals surface area contributed by atoms with Crippen molar-refractivity contribution in [2.24, 2.45) is 0 Å². The SMILES string of the molecule is COc1ccc(/C=C/C(=O)NC(C)C(C)N2CCOCC2)c(OC)c1. The maximum Gasteiger partial charge on any atom is 0.244 e. The monoisotopic (exact) mass is 348 g/mol. The van der Waals surface area contributed by atoms with Crippen molar-refractivity contribution in [2.45, 2.75) is 25.9 Å². The molecule has 0 radical (unpaired) electrons. The molecule has 2 atom stereocenters. The van der Waals surface area contributed by atoms with Gasteiger partial charge in [-0.25, -0.2) is 0 Å². The second-order valence-corrected chi connectivity index (χ2v) is 6.13. The lowest BCUT2D eigenvalue weighted by Crippen LogP contribution is -2.51. The molecule has 2 rings (SSSR count). The minimum atomic E-state index is -0.120. The third kappa shape index (κ3) is 5.47. The molecule has 6 heteroatoms. The van der Waals surface area contributed by atoms with Crippen molar-refractivity contribution in [2.75, 3.05) is 40.5 Å². The van der Waals surface area contributed by atoms with Gasteiger partial charge in [0.2, 0.25) is 5.91 Å². The average molecular weight is 348 g/mol. The quantitative estimate of drug-likeness (QED) is 0.763. The number of rotatable bonds is 7. The van der Waals surface area contributed by atoms with E-state index in [-0.39, 0.29) is 18.0 Å². The summed E-state index contributed by atoms with van der Waals surface area (Å²) < 4.78 is 15.9. The number of hydrogen-bond donors (Lipinski definition) is 1. The summed E-state index contributed by atoms with van der Waals surface area (Å²) in [6.45, 7) is 7.47. The van der Waals surface area contributed by atoms with Gasteiger partial charge in [0.05, 0.1) is 27.4 Å². The van der Waals surface area contributed by atoms with E-state index in [0.29, 0.717) is 11.5 Å². The van der Waals surface area contributed by atoms with Crippen molar-refractivity contribution in [1.29, 1.82) is 0 Å². The molecule has 0 aliphatic carbocycles. The Kier molecular flexibility index (Phi) is 7.28. The van der Waals surface area contributed by atoms with Gasteiger partial charge < -0.3 is 19.5 Å². The fourth-order valence-corrected chi connectivity index (χ4v) is 2.82. The summed E-state index contributed by atoms with van der Waals surface area (Å²) >= 11 is 0. The van der Waals surface area contributed by atoms with E-state index in [0.717, 1.165) is 31.9 Å². The van der Waals surface area contributed by atoms with E-state index in [9.17, 15) is 4.79 Å². The summed E-state index contributed by atoms with van der Waals surface area (Å²) in [4.78, 5) is 14.6. The molecule has 1 amide bonds. The fraction of sp³-hybridized carbons (Fsp3) is 0.526. The van der Waals surface area contributed by atoms with Crippen LogP contribution >= 0.6 is 0 Å². The number of amides is 1. The summed E-state index contributed by atoms with van der Waals surface area (Å²) in [7, 11) is 3.20. The van der Waals surface area contributed by atoms with Crippen molar-refractivity contribution in [1.82, 2.24) is 10.2 Å². The highest BCUT2D eigenvalue weighted by Gasteiger charge is 2.22. The predicted molar refractivity (Wildman–Crippen MR) is 98.0 cm³/mol. The van der Waals surface area contributed by atoms with Gasteiger partial charge in [-0.1, -0.05) is 0 Å². The summed E-state index contributed by atoms with van der Waals surface area (Å²) in [5, 5.41) is 3.03. The Morgan fingerprint density at radius 2 is 1.96 bits per heavy atom. The van der Waals surface area contributed by atoms with Crippen LogP contribution in [-0.2, 0) is 9.53 Å². The number of methoxy groups -OCH3 is 2. The zero-order valence-corrected chi connectivity index (χ0v) is 15.5. The summed E-state index contributed by atoms with van der Waals surface area (Å²) in [6, 6.07) is 5.80. The molecular weight excluding hydrogens is 320 g/mol. The Hall–Kier alpha value is -2.05. The standard InChI is InChI=1S/C19H28N2O4/c1-14(15(2)21-9-11-25-12-10-21)20-19(22)8-6-16-5-7-17(23-3)13-18(16)24-4/h5-8,13-15H,9-12H2,1-4H3,(H,20,22)/b8-6+. The van der Waals surface area contributed by atoms with Crippen LogP contribution in [0.25, 0.3) is 6.08 Å². The summed E-state index contributed by atoms with van der Waals surface area (Å²) in [6.07, 6.45) is 3.28. The molecule has 0 aromatic heterocycles. The van der Waals surface area contributed by atoms with Crippen molar-refractivity contribution >= 4 is 12.0 Å². The third-order valence-electron chi connectivity index (χ3n) is 4.57. The molecular formula is C19H28N2O4. The number of carbonyl (C=O) groups is 1. The molecule has 1 aliphatic rings. The second kappa shape index (κ2) is 9.44. The van der Waals surface area contributed by atoms with Crippen molar-refractivity contribution in [3.63, 3.8) is 0 Å². The van der Waals surface area contributed by atoms with Crippen molar-refractivity contribution in [3.05, 3.63) is 29.8 Å². The summed E-state index contributed by atoms with van der Waals surface area (Å²) in [5.74, 6) is 1.26. The van der Waals surface area contributed by atoms with Crippen LogP contribution in [0.5, 0.6) is 11.5 Å². The lowest BCUT2D eigenvalue weighted by atomic mass is 10.1. The number of hydrogen-bond acceptors (Lipinski definition) is 5. The molecule has 25 heavy (non-hydrogen) atoms. The molecule has 1 fully saturated rings. The number of carbonyl (C=O) groups excluding carboxylic acids is 1. The van der Waals surface area contributed by atoms with Crippen LogP contribution in [0.2, 0.25) is 0 Å². The molecule has 1 heterocycles. The van der Waals surface area contributed by atoms with Gasteiger partial charge in [-0.05, 0) is 32.1 Å². The van der Waals surface area contributed by atoms with E-state index < -0.39 is 0 Å². The Balaban J connectivity index is 1.93. The zero-order chi connectivity index (χ0) is 18.2. The van der Waals surface area contributed by atoms with Gasteiger partial charge in [-0.15, -0.1) is 0 Å². The van der Waals surface area contributed by atoms with E-state index in [1.165, 1.54) is 6.08 Å². The fourth-order valence-electron chi connectivity index (χ4n) is 2.82. The second-order valence-electron chi connectivity index (χ2n) is 6.13. The van der Waals surface area contributed by atoms with Crippen LogP contribution in [0.3, 0.4) is 0 Å². The number of morpholine rings is 1. The molecule has 1 aromatic carbocycles. The van der Waals surface area contributed by atoms with Crippen LogP contribution in [0.15, 0.2) is 24.3 Å². The minimum absolute atomic E-state index is 0.0491. The van der Waals surface area contributed by atoms with Crippen LogP contribution in [0, 0.1) is 0 Å². The first-order valence-corrected chi connectivity index (χ1v) is 8.57. The molecule has 1 saturated heterocycles. The highest BCUT2D eigenvalue weighted by atomic mass is 16.5. The highest BCUT2D eigenvalue weighted by molar-refractivity contribution is 5.92. The zero-order valence-electron chi connectivity index (χ0n) is 15.5. The predicted octanol–water partition coefficient (Wildman–Crippen LogP) is 1.94. The molecule has 138 valence electrons. The van der Waals surface area contributed by atoms with E-state index in [2.05, 4.69) is 17.1 Å². The van der Waals surface area contributed by atoms with Crippen LogP contribution in [0.1, 0.15) is 19.4 Å². The van der Waals surface area contributed by atoms with Gasteiger partial charge in [0.25, 0.3) is 0 Å². The number of ether oxygens (including phenoxy) is 3. The Morgan fingerprint density at radius 1 is 1.24 bits per heavy atom. The average Bonchev–Trinajstić information content (AvgIpc) is 2.66. The lowest BCUT2D eigenvalue weighted by molar-refractivity contribution is -0.117. The van der Waals surface area contributed by atoms with Crippen LogP contribution in [-0.4, -0.2) is 63.4 Å². The van der Waals surface area contributed by atoms with Crippen LogP contribution < -0.4 is 14.8 Å². The Morgan fingerprint density at radius 3 is 2.60 bits per heavy atom. The first-order chi connectivity index (χ1) is 12.0. The van der Waals surface area contributed by atoms with Gasteiger partial charge in [-0.2, -0.15) is 0 Å². The van der Waals surface area contributed by atoms with E-state index in [1.54, 1.807) is 26.4 Å². The molecule has 0 bridgehead atoms. The number of nitrogens with one attached hydrogen (secondary N) is 1. The van der Waals surface area contributed by atoms with E-state index in [1.807, 2.05) is 19.1 Å². The van der Waals surface area contributed by atoms with Gasteiger partial charge in [0.15, 0.2) is 0 Å². The van der Waals surface area contributed by atoms with E-state index >= 15 is 0 Å². The maximum atomic E-state index is 12.2. The topological polar surface area (TPSA) is 60.0 Å². The largest absolute Gasteiger partial charge is 0.497 e. The van der Waals surface area contributed by atoms with Gasteiger partial charge in [0, 0.05) is 42.9 Å². The molecule has 1 N–H and O–H groups in total. The summed E-state index contributed by atoms with van der Waals surface area (Å²) in [5.41, 5.74) is 0.826. The molecule has 0 spiro atoms. The van der Waals surface area contributed by atoms with Crippen LogP contribution in [0.4, 0.5) is 0 Å². The van der Waals surface area contributed by atoms with Crippen molar-refractivity contribution < 1.29 is 19.0 Å². The molecule has 0 saturated carbocycles. The Bertz CT molecular complexity index is 597. The number of nitrogens with zero attached hydrogens (tertiary/aromatic N) is 1.